The highest BCUT2D eigenvalue weighted by Crippen LogP contribution is 2.15. The van der Waals surface area contributed by atoms with Crippen LogP contribution < -0.4 is 0 Å². The maximum Gasteiger partial charge on any atom is 0.360 e. The van der Waals surface area contributed by atoms with E-state index in [0.29, 0.717) is 5.69 Å². The first-order chi connectivity index (χ1) is 8.93. The van der Waals surface area contributed by atoms with Gasteiger partial charge in [0.25, 0.3) is 0 Å². The Balaban J connectivity index is 3.17. The van der Waals surface area contributed by atoms with Crippen LogP contribution in [-0.4, -0.2) is 60.1 Å². The molecule has 19 heavy (non-hydrogen) atoms. The zero-order valence-electron chi connectivity index (χ0n) is 11.7. The zero-order chi connectivity index (χ0) is 14.6. The zero-order valence-corrected chi connectivity index (χ0v) is 11.7. The first kappa shape index (κ1) is 15.1. The van der Waals surface area contributed by atoms with Crippen LogP contribution in [0.15, 0.2) is 0 Å². The van der Waals surface area contributed by atoms with Crippen molar-refractivity contribution in [1.29, 1.82) is 0 Å². The van der Waals surface area contributed by atoms with Crippen molar-refractivity contribution in [2.45, 2.75) is 19.6 Å². The van der Waals surface area contributed by atoms with E-state index in [2.05, 4.69) is 15.0 Å². The third-order valence-corrected chi connectivity index (χ3v) is 2.62. The second kappa shape index (κ2) is 6.28. The molecular weight excluding hydrogens is 252 g/mol. The molecule has 1 aromatic heterocycles. The van der Waals surface area contributed by atoms with Crippen molar-refractivity contribution in [2.75, 3.05) is 28.3 Å². The number of aromatic nitrogens is 3. The minimum Gasteiger partial charge on any atom is -0.464 e. The third kappa shape index (κ3) is 3.08. The second-order valence-electron chi connectivity index (χ2n) is 4.16. The summed E-state index contributed by atoms with van der Waals surface area (Å²) in [6.45, 7) is 1.79. The Hall–Kier alpha value is -1.96. The van der Waals surface area contributed by atoms with Gasteiger partial charge in [0.1, 0.15) is 11.7 Å². The van der Waals surface area contributed by atoms with E-state index in [-0.39, 0.29) is 18.2 Å². The molecular formula is C11H18N4O4. The van der Waals surface area contributed by atoms with Crippen molar-refractivity contribution in [1.82, 2.24) is 19.9 Å². The minimum atomic E-state index is -0.609. The normalized spacial score (nSPS) is 12.1. The minimum absolute atomic E-state index is 0.0581. The molecule has 0 saturated heterocycles. The molecule has 0 fully saturated rings. The summed E-state index contributed by atoms with van der Waals surface area (Å²) < 4.78 is 11.0. The molecule has 8 nitrogen and oxygen atoms in total. The second-order valence-corrected chi connectivity index (χ2v) is 4.16. The van der Waals surface area contributed by atoms with Crippen LogP contribution in [0.4, 0.5) is 0 Å². The first-order valence-corrected chi connectivity index (χ1v) is 5.66. The summed E-state index contributed by atoms with van der Waals surface area (Å²) in [5, 5.41) is 7.60. The first-order valence-electron chi connectivity index (χ1n) is 5.66. The smallest absolute Gasteiger partial charge is 0.360 e. The number of esters is 1. The quantitative estimate of drug-likeness (QED) is 0.692. The molecule has 1 unspecified atom stereocenters. The number of likely N-dealkylation sites (N-methyl/N-ethyl adjacent to an activating group) is 1. The Morgan fingerprint density at radius 2 is 2.00 bits per heavy atom. The number of carbonyl (C=O) groups excluding carboxylic acids is 2. The highest BCUT2D eigenvalue weighted by atomic mass is 16.5. The van der Waals surface area contributed by atoms with E-state index >= 15 is 0 Å². The van der Waals surface area contributed by atoms with Crippen LogP contribution in [0.5, 0.6) is 0 Å². The molecule has 0 bridgehead atoms. The number of nitrogens with zero attached hydrogens (tertiary/aromatic N) is 4. The summed E-state index contributed by atoms with van der Waals surface area (Å²) in [6, 6.07) is -0.578. The van der Waals surface area contributed by atoms with Crippen molar-refractivity contribution >= 4 is 11.9 Å². The van der Waals surface area contributed by atoms with Gasteiger partial charge < -0.3 is 14.4 Å². The summed E-state index contributed by atoms with van der Waals surface area (Å²) in [7, 11) is 6.03. The fourth-order valence-corrected chi connectivity index (χ4v) is 1.63. The topological polar surface area (TPSA) is 86.5 Å². The number of amides is 1. The lowest BCUT2D eigenvalue weighted by Gasteiger charge is -2.18. The van der Waals surface area contributed by atoms with Crippen molar-refractivity contribution in [3.8, 4) is 0 Å². The standard InChI is InChI=1S/C11H18N4O4/c1-7(10(16)14(2)3)15-8(6-18-4)9(12-13-15)11(17)19-5/h7H,6H2,1-5H3. The molecule has 0 spiro atoms. The Labute approximate surface area is 111 Å². The Kier molecular flexibility index (Phi) is 4.99. The van der Waals surface area contributed by atoms with Crippen LogP contribution in [0.25, 0.3) is 0 Å². The van der Waals surface area contributed by atoms with Gasteiger partial charge in [-0.3, -0.25) is 4.79 Å². The number of methoxy groups -OCH3 is 2. The molecule has 0 aromatic carbocycles. The summed E-state index contributed by atoms with van der Waals surface area (Å²) in [4.78, 5) is 24.9. The lowest BCUT2D eigenvalue weighted by molar-refractivity contribution is -0.132. The molecule has 8 heteroatoms. The van der Waals surface area contributed by atoms with Gasteiger partial charge in [0.15, 0.2) is 5.69 Å². The molecule has 0 radical (unpaired) electrons. The Bertz CT molecular complexity index is 469. The lowest BCUT2D eigenvalue weighted by atomic mass is 10.2. The molecule has 0 aliphatic rings. The van der Waals surface area contributed by atoms with Gasteiger partial charge in [-0.15, -0.1) is 5.10 Å². The predicted molar refractivity (Wildman–Crippen MR) is 65.5 cm³/mol. The van der Waals surface area contributed by atoms with E-state index in [4.69, 9.17) is 4.74 Å². The SMILES string of the molecule is COCc1c(C(=O)OC)nnn1C(C)C(=O)N(C)C. The van der Waals surface area contributed by atoms with Crippen molar-refractivity contribution in [3.63, 3.8) is 0 Å². The van der Waals surface area contributed by atoms with Crippen molar-refractivity contribution in [3.05, 3.63) is 11.4 Å². The van der Waals surface area contributed by atoms with Crippen LogP contribution >= 0.6 is 0 Å². The van der Waals surface area contributed by atoms with Crippen LogP contribution in [0.3, 0.4) is 0 Å². The fourth-order valence-electron chi connectivity index (χ4n) is 1.63. The van der Waals surface area contributed by atoms with Gasteiger partial charge in [0.2, 0.25) is 5.91 Å². The monoisotopic (exact) mass is 270 g/mol. The summed E-state index contributed by atoms with van der Waals surface area (Å²) >= 11 is 0. The van der Waals surface area contributed by atoms with Gasteiger partial charge in [-0.05, 0) is 6.92 Å². The van der Waals surface area contributed by atoms with Crippen LogP contribution in [0, 0.1) is 0 Å². The van der Waals surface area contributed by atoms with E-state index < -0.39 is 12.0 Å². The van der Waals surface area contributed by atoms with Gasteiger partial charge in [0, 0.05) is 21.2 Å². The molecule has 106 valence electrons. The molecule has 0 aliphatic carbocycles. The van der Waals surface area contributed by atoms with E-state index in [1.54, 1.807) is 21.0 Å². The molecule has 0 aliphatic heterocycles. The molecule has 0 N–H and O–H groups in total. The highest BCUT2D eigenvalue weighted by Gasteiger charge is 2.26. The maximum absolute atomic E-state index is 11.9. The summed E-state index contributed by atoms with van der Waals surface area (Å²) in [5.41, 5.74) is 0.472. The highest BCUT2D eigenvalue weighted by molar-refractivity contribution is 5.88. The van der Waals surface area contributed by atoms with Crippen molar-refractivity contribution in [2.24, 2.45) is 0 Å². The molecule has 1 rings (SSSR count). The van der Waals surface area contributed by atoms with E-state index in [0.717, 1.165) is 0 Å². The number of hydrogen-bond acceptors (Lipinski definition) is 6. The maximum atomic E-state index is 11.9. The molecule has 1 heterocycles. The summed E-state index contributed by atoms with van der Waals surface area (Å²) in [5.74, 6) is -0.763. The van der Waals surface area contributed by atoms with E-state index in [9.17, 15) is 9.59 Å². The molecule has 1 aromatic rings. The average Bonchev–Trinajstić information content (AvgIpc) is 2.80. The van der Waals surface area contributed by atoms with Gasteiger partial charge in [-0.1, -0.05) is 5.21 Å². The largest absolute Gasteiger partial charge is 0.464 e. The number of ether oxygens (including phenoxy) is 2. The number of hydrogen-bond donors (Lipinski definition) is 0. The summed E-state index contributed by atoms with van der Waals surface area (Å²) in [6.07, 6.45) is 0. The Morgan fingerprint density at radius 3 is 2.47 bits per heavy atom. The molecule has 1 amide bonds. The van der Waals surface area contributed by atoms with Crippen LogP contribution in [0.2, 0.25) is 0 Å². The average molecular weight is 270 g/mol. The van der Waals surface area contributed by atoms with Crippen LogP contribution in [-0.2, 0) is 20.9 Å². The van der Waals surface area contributed by atoms with E-state index in [1.807, 2.05) is 0 Å². The van der Waals surface area contributed by atoms with Gasteiger partial charge in [-0.25, -0.2) is 9.48 Å². The number of rotatable bonds is 5. The van der Waals surface area contributed by atoms with Gasteiger partial charge in [-0.2, -0.15) is 0 Å². The lowest BCUT2D eigenvalue weighted by Crippen LogP contribution is -2.31. The Morgan fingerprint density at radius 1 is 1.37 bits per heavy atom. The van der Waals surface area contributed by atoms with Gasteiger partial charge >= 0.3 is 5.97 Å². The van der Waals surface area contributed by atoms with E-state index in [1.165, 1.54) is 23.8 Å². The molecule has 0 saturated carbocycles. The molecule has 1 atom stereocenters. The van der Waals surface area contributed by atoms with Crippen molar-refractivity contribution < 1.29 is 19.1 Å². The van der Waals surface area contributed by atoms with Gasteiger partial charge in [0.05, 0.1) is 13.7 Å². The number of carbonyl (C=O) groups is 2. The predicted octanol–water partition coefficient (Wildman–Crippen LogP) is -0.140. The third-order valence-electron chi connectivity index (χ3n) is 2.62. The van der Waals surface area contributed by atoms with Crippen LogP contribution in [0.1, 0.15) is 29.1 Å². The fraction of sp³-hybridized carbons (Fsp3) is 0.636.